The standard InChI is InChI=1S/C28H33FN2O5/c1-5-7-15-35-22-11-9-18(16-23(22)34-6-2)25-24-26(32)20-17-19(29)10-12-21(20)36-27(24)28(33)31(25)14-8-13-30(3)4/h9-12,16-17,25H,5-8,13-15H2,1-4H3/t25-/m1/s1. The Kier molecular flexibility index (Phi) is 7.94. The summed E-state index contributed by atoms with van der Waals surface area (Å²) in [4.78, 5) is 30.8. The fourth-order valence-electron chi connectivity index (χ4n) is 4.54. The smallest absolute Gasteiger partial charge is 0.290 e. The van der Waals surface area contributed by atoms with Crippen LogP contribution in [0.15, 0.2) is 45.6 Å². The second-order valence-electron chi connectivity index (χ2n) is 9.21. The maximum atomic E-state index is 14.0. The highest BCUT2D eigenvalue weighted by Gasteiger charge is 2.42. The van der Waals surface area contributed by atoms with Crippen molar-refractivity contribution in [3.05, 3.63) is 69.3 Å². The predicted octanol–water partition coefficient (Wildman–Crippen LogP) is 5.01. The van der Waals surface area contributed by atoms with Gasteiger partial charge in [-0.2, -0.15) is 0 Å². The van der Waals surface area contributed by atoms with Gasteiger partial charge in [-0.3, -0.25) is 9.59 Å². The van der Waals surface area contributed by atoms with Gasteiger partial charge in [0.05, 0.1) is 30.2 Å². The average molecular weight is 497 g/mol. The van der Waals surface area contributed by atoms with Crippen molar-refractivity contribution in [2.75, 3.05) is 40.4 Å². The van der Waals surface area contributed by atoms with Crippen molar-refractivity contribution < 1.29 is 23.1 Å². The van der Waals surface area contributed by atoms with Crippen LogP contribution < -0.4 is 14.9 Å². The first-order valence-electron chi connectivity index (χ1n) is 12.5. The van der Waals surface area contributed by atoms with Crippen LogP contribution in [0.1, 0.15) is 60.8 Å². The molecule has 36 heavy (non-hydrogen) atoms. The van der Waals surface area contributed by atoms with Crippen molar-refractivity contribution in [2.45, 2.75) is 39.2 Å². The Morgan fingerprint density at radius 3 is 2.56 bits per heavy atom. The summed E-state index contributed by atoms with van der Waals surface area (Å²) in [6.07, 6.45) is 2.64. The number of amides is 1. The molecule has 7 nitrogen and oxygen atoms in total. The van der Waals surface area contributed by atoms with E-state index in [0.29, 0.717) is 43.2 Å². The number of hydrogen-bond donors (Lipinski definition) is 0. The monoisotopic (exact) mass is 496 g/mol. The van der Waals surface area contributed by atoms with Gasteiger partial charge in [0.2, 0.25) is 5.76 Å². The number of hydrogen-bond acceptors (Lipinski definition) is 6. The SMILES string of the molecule is CCCCOc1ccc([C@@H]2c3c(oc4ccc(F)cc4c3=O)C(=O)N2CCCN(C)C)cc1OCC. The van der Waals surface area contributed by atoms with Crippen LogP contribution in [0.2, 0.25) is 0 Å². The molecule has 4 rings (SSSR count). The second-order valence-corrected chi connectivity index (χ2v) is 9.21. The Labute approximate surface area is 210 Å². The number of halogens is 1. The number of rotatable bonds is 11. The molecule has 0 bridgehead atoms. The van der Waals surface area contributed by atoms with Crippen LogP contribution in [0.4, 0.5) is 4.39 Å². The molecule has 0 N–H and O–H groups in total. The van der Waals surface area contributed by atoms with Crippen LogP contribution in [0.5, 0.6) is 11.5 Å². The lowest BCUT2D eigenvalue weighted by atomic mass is 9.98. The van der Waals surface area contributed by atoms with E-state index in [2.05, 4.69) is 6.92 Å². The van der Waals surface area contributed by atoms with E-state index in [9.17, 15) is 14.0 Å². The molecular weight excluding hydrogens is 463 g/mol. The maximum absolute atomic E-state index is 14.0. The predicted molar refractivity (Wildman–Crippen MR) is 137 cm³/mol. The van der Waals surface area contributed by atoms with E-state index in [1.54, 1.807) is 4.90 Å². The maximum Gasteiger partial charge on any atom is 0.290 e. The van der Waals surface area contributed by atoms with Crippen molar-refractivity contribution in [1.82, 2.24) is 9.80 Å². The van der Waals surface area contributed by atoms with Crippen molar-refractivity contribution >= 4 is 16.9 Å². The summed E-state index contributed by atoms with van der Waals surface area (Å²) in [6, 6.07) is 8.58. The first kappa shape index (κ1) is 25.7. The summed E-state index contributed by atoms with van der Waals surface area (Å²) >= 11 is 0. The third-order valence-electron chi connectivity index (χ3n) is 6.27. The molecule has 1 aliphatic heterocycles. The molecular formula is C28H33FN2O5. The topological polar surface area (TPSA) is 72.2 Å². The lowest BCUT2D eigenvalue weighted by Crippen LogP contribution is -2.32. The lowest BCUT2D eigenvalue weighted by Gasteiger charge is -2.26. The van der Waals surface area contributed by atoms with E-state index in [1.165, 1.54) is 12.1 Å². The van der Waals surface area contributed by atoms with Gasteiger partial charge >= 0.3 is 0 Å². The van der Waals surface area contributed by atoms with Gasteiger partial charge in [-0.15, -0.1) is 0 Å². The highest BCUT2D eigenvalue weighted by molar-refractivity contribution is 5.99. The molecule has 2 aromatic carbocycles. The molecule has 0 fully saturated rings. The highest BCUT2D eigenvalue weighted by Crippen LogP contribution is 2.41. The van der Waals surface area contributed by atoms with E-state index in [0.717, 1.165) is 25.5 Å². The van der Waals surface area contributed by atoms with Crippen molar-refractivity contribution in [2.24, 2.45) is 0 Å². The summed E-state index contributed by atoms with van der Waals surface area (Å²) < 4.78 is 31.7. The molecule has 1 amide bonds. The van der Waals surface area contributed by atoms with Crippen LogP contribution in [0.25, 0.3) is 11.0 Å². The molecule has 2 heterocycles. The van der Waals surface area contributed by atoms with E-state index in [4.69, 9.17) is 13.9 Å². The third-order valence-corrected chi connectivity index (χ3v) is 6.27. The van der Waals surface area contributed by atoms with E-state index in [-0.39, 0.29) is 28.2 Å². The van der Waals surface area contributed by atoms with Gasteiger partial charge in [-0.1, -0.05) is 19.4 Å². The first-order valence-corrected chi connectivity index (χ1v) is 12.5. The summed E-state index contributed by atoms with van der Waals surface area (Å²) in [6.45, 7) is 6.19. The van der Waals surface area contributed by atoms with Crippen LogP contribution in [-0.4, -0.2) is 56.1 Å². The van der Waals surface area contributed by atoms with Crippen molar-refractivity contribution in [3.8, 4) is 11.5 Å². The number of nitrogens with zero attached hydrogens (tertiary/aromatic N) is 2. The molecule has 1 aliphatic rings. The van der Waals surface area contributed by atoms with E-state index >= 15 is 0 Å². The molecule has 0 aliphatic carbocycles. The second kappa shape index (κ2) is 11.1. The number of benzene rings is 2. The minimum atomic E-state index is -0.678. The molecule has 0 saturated carbocycles. The normalized spacial score (nSPS) is 15.1. The van der Waals surface area contributed by atoms with Crippen LogP contribution in [0.3, 0.4) is 0 Å². The van der Waals surface area contributed by atoms with Gasteiger partial charge in [0, 0.05) is 6.54 Å². The number of ether oxygens (including phenoxy) is 2. The number of carbonyl (C=O) groups excluding carboxylic acids is 1. The molecule has 0 radical (unpaired) electrons. The fraction of sp³-hybridized carbons (Fsp3) is 0.429. The van der Waals surface area contributed by atoms with E-state index < -0.39 is 17.3 Å². The number of fused-ring (bicyclic) bond motifs is 2. The Balaban J connectivity index is 1.83. The zero-order chi connectivity index (χ0) is 25.8. The molecule has 1 aromatic heterocycles. The zero-order valence-electron chi connectivity index (χ0n) is 21.3. The van der Waals surface area contributed by atoms with Crippen LogP contribution in [-0.2, 0) is 0 Å². The fourth-order valence-corrected chi connectivity index (χ4v) is 4.54. The van der Waals surface area contributed by atoms with Gasteiger partial charge in [0.25, 0.3) is 5.91 Å². The first-order chi connectivity index (χ1) is 17.3. The lowest BCUT2D eigenvalue weighted by molar-refractivity contribution is 0.0722. The number of unbranched alkanes of at least 4 members (excludes halogenated alkanes) is 1. The van der Waals surface area contributed by atoms with Gasteiger partial charge in [0.15, 0.2) is 16.9 Å². The third kappa shape index (κ3) is 5.09. The van der Waals surface area contributed by atoms with Crippen molar-refractivity contribution in [3.63, 3.8) is 0 Å². The van der Waals surface area contributed by atoms with Crippen LogP contribution >= 0.6 is 0 Å². The Hall–Kier alpha value is -3.39. The Bertz CT molecular complexity index is 1300. The van der Waals surface area contributed by atoms with Gasteiger partial charge < -0.3 is 23.7 Å². The molecule has 0 unspecified atom stereocenters. The summed E-state index contributed by atoms with van der Waals surface area (Å²) in [5.41, 5.74) is 0.726. The van der Waals surface area contributed by atoms with Gasteiger partial charge in [0.1, 0.15) is 11.4 Å². The molecule has 8 heteroatoms. The average Bonchev–Trinajstić information content (AvgIpc) is 3.12. The minimum Gasteiger partial charge on any atom is -0.490 e. The summed E-state index contributed by atoms with van der Waals surface area (Å²) in [5.74, 6) is 0.293. The van der Waals surface area contributed by atoms with Crippen LogP contribution in [0, 0.1) is 5.82 Å². The quantitative estimate of drug-likeness (QED) is 0.348. The molecule has 0 spiro atoms. The molecule has 3 aromatic rings. The molecule has 1 atom stereocenters. The Morgan fingerprint density at radius 2 is 1.83 bits per heavy atom. The largest absolute Gasteiger partial charge is 0.490 e. The number of carbonyl (C=O) groups is 1. The molecule has 192 valence electrons. The highest BCUT2D eigenvalue weighted by atomic mass is 19.1. The van der Waals surface area contributed by atoms with Crippen molar-refractivity contribution in [1.29, 1.82) is 0 Å². The zero-order valence-corrected chi connectivity index (χ0v) is 21.3. The molecule has 0 saturated heterocycles. The van der Waals surface area contributed by atoms with E-state index in [1.807, 2.05) is 44.1 Å². The Morgan fingerprint density at radius 1 is 1.03 bits per heavy atom. The minimum absolute atomic E-state index is 0.00944. The summed E-state index contributed by atoms with van der Waals surface area (Å²) in [5, 5.41) is 0.117. The van der Waals surface area contributed by atoms with Gasteiger partial charge in [-0.25, -0.2) is 4.39 Å². The summed E-state index contributed by atoms with van der Waals surface area (Å²) in [7, 11) is 3.94. The van der Waals surface area contributed by atoms with Gasteiger partial charge in [-0.05, 0) is 76.3 Å².